The van der Waals surface area contributed by atoms with E-state index in [1.54, 1.807) is 25.1 Å². The normalized spacial score (nSPS) is 12.5. The van der Waals surface area contributed by atoms with Crippen LogP contribution in [0.2, 0.25) is 0 Å². The van der Waals surface area contributed by atoms with Crippen molar-refractivity contribution in [2.45, 2.75) is 33.2 Å². The van der Waals surface area contributed by atoms with Crippen molar-refractivity contribution in [3.63, 3.8) is 0 Å². The number of alkyl halides is 3. The van der Waals surface area contributed by atoms with E-state index in [2.05, 4.69) is 25.3 Å². The van der Waals surface area contributed by atoms with Gasteiger partial charge in [0.25, 0.3) is 0 Å². The summed E-state index contributed by atoms with van der Waals surface area (Å²) in [6.07, 6.45) is -4.83. The number of aryl methyl sites for hydroxylation is 1. The van der Waals surface area contributed by atoms with Crippen molar-refractivity contribution < 1.29 is 27.4 Å². The zero-order valence-electron chi connectivity index (χ0n) is 18.2. The molecule has 2 aromatic carbocycles. The number of benzene rings is 2. The molecule has 10 heteroatoms. The molecule has 1 aromatic heterocycles. The molecule has 0 aliphatic carbocycles. The van der Waals surface area contributed by atoms with Gasteiger partial charge in [0.1, 0.15) is 17.4 Å². The fourth-order valence-electron chi connectivity index (χ4n) is 2.98. The van der Waals surface area contributed by atoms with Crippen LogP contribution >= 0.6 is 0 Å². The van der Waals surface area contributed by atoms with Crippen LogP contribution in [0, 0.1) is 18.7 Å². The minimum Gasteiger partial charge on any atom is -0.406 e. The van der Waals surface area contributed by atoms with E-state index in [0.29, 0.717) is 22.5 Å². The van der Waals surface area contributed by atoms with E-state index in [1.807, 2.05) is 13.8 Å². The lowest BCUT2D eigenvalue weighted by atomic mass is 10.1. The summed E-state index contributed by atoms with van der Waals surface area (Å²) in [4.78, 5) is 8.78. The molecular formula is C23H24F4N4O2. The van der Waals surface area contributed by atoms with Crippen molar-refractivity contribution in [2.75, 3.05) is 17.2 Å². The van der Waals surface area contributed by atoms with Crippen LogP contribution in [0.1, 0.15) is 19.4 Å². The minimum atomic E-state index is -4.83. The van der Waals surface area contributed by atoms with Gasteiger partial charge in [-0.15, -0.1) is 13.2 Å². The summed E-state index contributed by atoms with van der Waals surface area (Å²) in [6, 6.07) is 11.2. The summed E-state index contributed by atoms with van der Waals surface area (Å²) in [5.41, 5.74) is 1.57. The van der Waals surface area contributed by atoms with Gasteiger partial charge >= 0.3 is 6.36 Å². The Kier molecular flexibility index (Phi) is 7.37. The highest BCUT2D eigenvalue weighted by atomic mass is 19.4. The Balaban J connectivity index is 2.01. The molecule has 0 aliphatic rings. The van der Waals surface area contributed by atoms with Crippen molar-refractivity contribution in [1.82, 2.24) is 9.97 Å². The molecule has 1 heterocycles. The van der Waals surface area contributed by atoms with Gasteiger partial charge in [0, 0.05) is 17.3 Å². The number of hydrogen-bond donors (Lipinski definition) is 3. The summed E-state index contributed by atoms with van der Waals surface area (Å²) >= 11 is 0. The van der Waals surface area contributed by atoms with Crippen LogP contribution in [0.15, 0.2) is 48.5 Å². The molecule has 3 aromatic rings. The minimum absolute atomic E-state index is 0.0494. The average Bonchev–Trinajstić information content (AvgIpc) is 2.73. The van der Waals surface area contributed by atoms with Crippen molar-refractivity contribution in [2.24, 2.45) is 5.92 Å². The number of nitrogens with zero attached hydrogens (tertiary/aromatic N) is 2. The van der Waals surface area contributed by atoms with Crippen LogP contribution in [0.5, 0.6) is 5.75 Å². The van der Waals surface area contributed by atoms with E-state index in [4.69, 9.17) is 0 Å². The van der Waals surface area contributed by atoms with E-state index >= 15 is 0 Å². The van der Waals surface area contributed by atoms with Crippen molar-refractivity contribution in [3.05, 3.63) is 59.9 Å². The van der Waals surface area contributed by atoms with Gasteiger partial charge in [-0.1, -0.05) is 32.0 Å². The molecule has 0 bridgehead atoms. The smallest absolute Gasteiger partial charge is 0.406 e. The molecule has 0 spiro atoms. The van der Waals surface area contributed by atoms with Crippen LogP contribution in [-0.4, -0.2) is 34.1 Å². The molecule has 0 aliphatic heterocycles. The molecule has 0 unspecified atom stereocenters. The Labute approximate surface area is 188 Å². The summed E-state index contributed by atoms with van der Waals surface area (Å²) in [6.45, 7) is 5.28. The molecule has 6 nitrogen and oxygen atoms in total. The van der Waals surface area contributed by atoms with E-state index in [0.717, 1.165) is 0 Å². The second-order valence-corrected chi connectivity index (χ2v) is 7.80. The van der Waals surface area contributed by atoms with Crippen molar-refractivity contribution in [1.29, 1.82) is 0 Å². The Morgan fingerprint density at radius 3 is 2.45 bits per heavy atom. The number of aromatic nitrogens is 2. The summed E-state index contributed by atoms with van der Waals surface area (Å²) in [5.74, 6) is -0.303. The van der Waals surface area contributed by atoms with Crippen LogP contribution in [0.25, 0.3) is 11.3 Å². The van der Waals surface area contributed by atoms with Gasteiger partial charge < -0.3 is 20.5 Å². The largest absolute Gasteiger partial charge is 0.573 e. The molecule has 0 radical (unpaired) electrons. The predicted molar refractivity (Wildman–Crippen MR) is 118 cm³/mol. The first-order chi connectivity index (χ1) is 15.5. The number of halogens is 4. The maximum Gasteiger partial charge on any atom is 0.573 e. The topological polar surface area (TPSA) is 79.3 Å². The van der Waals surface area contributed by atoms with Gasteiger partial charge in [0.05, 0.1) is 18.3 Å². The van der Waals surface area contributed by atoms with Gasteiger partial charge in [-0.3, -0.25) is 0 Å². The molecular weight excluding hydrogens is 440 g/mol. The third kappa shape index (κ3) is 6.79. The average molecular weight is 464 g/mol. The standard InChI is InChI=1S/C23H24F4N4O2/c1-13(2)20(12-32)30-22-29-19(15-5-4-6-17(9-15)33-23(25,26)27)11-21(31-22)28-16-8-7-14(3)18(24)10-16/h4-11,13,20,32H,12H2,1-3H3,(H2,28,29,30,31)/t20-/m0/s1. The van der Waals surface area contributed by atoms with Gasteiger partial charge in [-0.25, -0.2) is 9.37 Å². The number of ether oxygens (including phenoxy) is 1. The van der Waals surface area contributed by atoms with Crippen LogP contribution in [0.3, 0.4) is 0 Å². The maximum atomic E-state index is 14.0. The van der Waals surface area contributed by atoms with Crippen molar-refractivity contribution in [3.8, 4) is 17.0 Å². The number of aliphatic hydroxyl groups excluding tert-OH is 1. The van der Waals surface area contributed by atoms with E-state index in [9.17, 15) is 22.7 Å². The van der Waals surface area contributed by atoms with E-state index < -0.39 is 17.9 Å². The second kappa shape index (κ2) is 10.0. The van der Waals surface area contributed by atoms with E-state index in [-0.39, 0.29) is 30.3 Å². The lowest BCUT2D eigenvalue weighted by Crippen LogP contribution is -2.30. The predicted octanol–water partition coefficient (Wildman–Crippen LogP) is 5.66. The number of aliphatic hydroxyl groups is 1. The monoisotopic (exact) mass is 464 g/mol. The molecule has 0 amide bonds. The van der Waals surface area contributed by atoms with Gasteiger partial charge in [0.2, 0.25) is 5.95 Å². The molecule has 1 atom stereocenters. The molecule has 33 heavy (non-hydrogen) atoms. The van der Waals surface area contributed by atoms with Crippen LogP contribution in [0.4, 0.5) is 35.0 Å². The molecule has 0 fully saturated rings. The second-order valence-electron chi connectivity index (χ2n) is 7.80. The summed E-state index contributed by atoms with van der Waals surface area (Å²) in [5, 5.41) is 15.7. The Bertz CT molecular complexity index is 1110. The summed E-state index contributed by atoms with van der Waals surface area (Å²) < 4.78 is 55.9. The molecule has 0 saturated carbocycles. The highest BCUT2D eigenvalue weighted by molar-refractivity contribution is 5.68. The van der Waals surface area contributed by atoms with Gasteiger partial charge in [-0.2, -0.15) is 4.98 Å². The van der Waals surface area contributed by atoms with E-state index in [1.165, 1.54) is 30.3 Å². The lowest BCUT2D eigenvalue weighted by Gasteiger charge is -2.21. The molecule has 3 rings (SSSR count). The Hall–Kier alpha value is -3.40. The first kappa shape index (κ1) is 24.2. The van der Waals surface area contributed by atoms with Gasteiger partial charge in [-0.05, 0) is 42.7 Å². The fourth-order valence-corrected chi connectivity index (χ4v) is 2.98. The van der Waals surface area contributed by atoms with Gasteiger partial charge in [0.15, 0.2) is 0 Å². The SMILES string of the molecule is Cc1ccc(Nc2cc(-c3cccc(OC(F)(F)F)c3)nc(N[C@@H](CO)C(C)C)n2)cc1F. The zero-order chi connectivity index (χ0) is 24.2. The third-order valence-electron chi connectivity index (χ3n) is 4.85. The van der Waals surface area contributed by atoms with Crippen molar-refractivity contribution >= 4 is 17.5 Å². The molecule has 3 N–H and O–H groups in total. The quantitative estimate of drug-likeness (QED) is 0.373. The molecule has 0 saturated heterocycles. The highest BCUT2D eigenvalue weighted by Crippen LogP contribution is 2.29. The van der Waals surface area contributed by atoms with Crippen LogP contribution in [-0.2, 0) is 0 Å². The lowest BCUT2D eigenvalue weighted by molar-refractivity contribution is -0.274. The number of hydrogen-bond acceptors (Lipinski definition) is 6. The Morgan fingerprint density at radius 1 is 1.06 bits per heavy atom. The molecule has 176 valence electrons. The number of anilines is 3. The first-order valence-corrected chi connectivity index (χ1v) is 10.2. The number of rotatable bonds is 8. The highest BCUT2D eigenvalue weighted by Gasteiger charge is 2.31. The number of nitrogens with one attached hydrogen (secondary N) is 2. The third-order valence-corrected chi connectivity index (χ3v) is 4.85. The Morgan fingerprint density at radius 2 is 1.82 bits per heavy atom. The maximum absolute atomic E-state index is 14.0. The first-order valence-electron chi connectivity index (χ1n) is 10.2. The summed E-state index contributed by atoms with van der Waals surface area (Å²) in [7, 11) is 0. The zero-order valence-corrected chi connectivity index (χ0v) is 18.2. The van der Waals surface area contributed by atoms with Crippen LogP contribution < -0.4 is 15.4 Å². The fraction of sp³-hybridized carbons (Fsp3) is 0.304.